The first-order valence-corrected chi connectivity index (χ1v) is 6.09. The summed E-state index contributed by atoms with van der Waals surface area (Å²) in [5.74, 6) is 0.175. The van der Waals surface area contributed by atoms with Gasteiger partial charge in [0.05, 0.1) is 0 Å². The van der Waals surface area contributed by atoms with E-state index in [0.717, 1.165) is 12.8 Å². The first-order chi connectivity index (χ1) is 8.29. The molecule has 1 unspecified atom stereocenters. The molecule has 1 rings (SSSR count). The number of ether oxygens (including phenoxy) is 1. The first-order valence-electron chi connectivity index (χ1n) is 6.09. The van der Waals surface area contributed by atoms with Crippen LogP contribution in [0.5, 0.6) is 5.75 Å². The number of nitrogens with two attached hydrogens (primary N) is 1. The molecule has 0 saturated heterocycles. The van der Waals surface area contributed by atoms with Gasteiger partial charge in [-0.05, 0) is 24.3 Å². The van der Waals surface area contributed by atoms with E-state index in [2.05, 4.69) is 25.5 Å². The van der Waals surface area contributed by atoms with Gasteiger partial charge in [-0.15, -0.1) is 0 Å². The smallest absolute Gasteiger partial charge is 0.387 e. The zero-order chi connectivity index (χ0) is 13.8. The van der Waals surface area contributed by atoms with Crippen LogP contribution in [-0.2, 0) is 0 Å². The van der Waals surface area contributed by atoms with Crippen molar-refractivity contribution in [1.82, 2.24) is 0 Å². The molecular formula is C14H21F2NO. The van der Waals surface area contributed by atoms with E-state index in [0.29, 0.717) is 5.56 Å². The van der Waals surface area contributed by atoms with Crippen molar-refractivity contribution in [3.8, 4) is 5.75 Å². The van der Waals surface area contributed by atoms with Crippen LogP contribution in [0.3, 0.4) is 0 Å². The molecule has 18 heavy (non-hydrogen) atoms. The predicted octanol–water partition coefficient (Wildman–Crippen LogP) is 4.11. The van der Waals surface area contributed by atoms with E-state index in [9.17, 15) is 8.78 Å². The van der Waals surface area contributed by atoms with Gasteiger partial charge in [-0.1, -0.05) is 39.0 Å². The van der Waals surface area contributed by atoms with Crippen molar-refractivity contribution in [3.63, 3.8) is 0 Å². The standard InChI is InChI=1S/C14H21F2NO/c1-14(2,3)9-8-11(17)10-6-4-5-7-12(10)18-13(15)16/h4-7,11,13H,8-9,17H2,1-3H3. The summed E-state index contributed by atoms with van der Waals surface area (Å²) in [7, 11) is 0. The first kappa shape index (κ1) is 14.9. The van der Waals surface area contributed by atoms with Gasteiger partial charge in [0.1, 0.15) is 5.75 Å². The molecule has 1 atom stereocenters. The fraction of sp³-hybridized carbons (Fsp3) is 0.571. The molecule has 0 spiro atoms. The van der Waals surface area contributed by atoms with Crippen LogP contribution in [0.25, 0.3) is 0 Å². The van der Waals surface area contributed by atoms with E-state index < -0.39 is 6.61 Å². The summed E-state index contributed by atoms with van der Waals surface area (Å²) in [4.78, 5) is 0. The van der Waals surface area contributed by atoms with Crippen LogP contribution in [0.1, 0.15) is 45.2 Å². The van der Waals surface area contributed by atoms with E-state index in [-0.39, 0.29) is 17.2 Å². The van der Waals surface area contributed by atoms with Crippen LogP contribution < -0.4 is 10.5 Å². The lowest BCUT2D eigenvalue weighted by Crippen LogP contribution is -2.16. The molecule has 0 aliphatic rings. The highest BCUT2D eigenvalue weighted by molar-refractivity contribution is 5.35. The molecule has 0 amide bonds. The summed E-state index contributed by atoms with van der Waals surface area (Å²) < 4.78 is 29.0. The Morgan fingerprint density at radius 3 is 2.39 bits per heavy atom. The Balaban J connectivity index is 2.75. The maximum absolute atomic E-state index is 12.3. The van der Waals surface area contributed by atoms with Gasteiger partial charge in [-0.25, -0.2) is 0 Å². The molecule has 1 aromatic rings. The average molecular weight is 257 g/mol. The van der Waals surface area contributed by atoms with Crippen molar-refractivity contribution in [2.75, 3.05) is 0 Å². The Bertz CT molecular complexity index is 374. The van der Waals surface area contributed by atoms with E-state index in [1.54, 1.807) is 18.2 Å². The minimum absolute atomic E-state index is 0.175. The third-order valence-corrected chi connectivity index (χ3v) is 2.74. The molecule has 0 radical (unpaired) electrons. The zero-order valence-corrected chi connectivity index (χ0v) is 11.1. The van der Waals surface area contributed by atoms with Crippen LogP contribution in [0.4, 0.5) is 8.78 Å². The minimum atomic E-state index is -2.82. The van der Waals surface area contributed by atoms with Crippen LogP contribution in [0.2, 0.25) is 0 Å². The van der Waals surface area contributed by atoms with Gasteiger partial charge in [0.2, 0.25) is 0 Å². The number of para-hydroxylation sites is 1. The SMILES string of the molecule is CC(C)(C)CCC(N)c1ccccc1OC(F)F. The predicted molar refractivity (Wildman–Crippen MR) is 68.7 cm³/mol. The largest absolute Gasteiger partial charge is 0.434 e. The Morgan fingerprint density at radius 2 is 1.83 bits per heavy atom. The Labute approximate surface area is 107 Å². The number of rotatable bonds is 5. The summed E-state index contributed by atoms with van der Waals surface area (Å²) in [6.45, 7) is 3.56. The average Bonchev–Trinajstić information content (AvgIpc) is 2.25. The second-order valence-electron chi connectivity index (χ2n) is 5.62. The topological polar surface area (TPSA) is 35.2 Å². The Kier molecular flexibility index (Phi) is 5.08. The van der Waals surface area contributed by atoms with Crippen molar-refractivity contribution in [3.05, 3.63) is 29.8 Å². The molecule has 2 N–H and O–H groups in total. The molecule has 0 aliphatic heterocycles. The summed E-state index contributed by atoms with van der Waals surface area (Å²) in [6.07, 6.45) is 1.67. The molecule has 0 heterocycles. The van der Waals surface area contributed by atoms with Crippen molar-refractivity contribution < 1.29 is 13.5 Å². The second-order valence-corrected chi connectivity index (χ2v) is 5.62. The van der Waals surface area contributed by atoms with E-state index in [1.165, 1.54) is 6.07 Å². The van der Waals surface area contributed by atoms with Gasteiger partial charge in [-0.2, -0.15) is 8.78 Å². The zero-order valence-electron chi connectivity index (χ0n) is 11.1. The lowest BCUT2D eigenvalue weighted by Gasteiger charge is -2.22. The summed E-state index contributed by atoms with van der Waals surface area (Å²) in [6, 6.07) is 6.44. The van der Waals surface area contributed by atoms with Gasteiger partial charge in [0.15, 0.2) is 0 Å². The number of alkyl halides is 2. The second kappa shape index (κ2) is 6.14. The van der Waals surface area contributed by atoms with Crippen molar-refractivity contribution >= 4 is 0 Å². The summed E-state index contributed by atoms with van der Waals surface area (Å²) >= 11 is 0. The molecular weight excluding hydrogens is 236 g/mol. The van der Waals surface area contributed by atoms with Crippen LogP contribution >= 0.6 is 0 Å². The molecule has 0 aliphatic carbocycles. The highest BCUT2D eigenvalue weighted by Gasteiger charge is 2.17. The summed E-state index contributed by atoms with van der Waals surface area (Å²) in [5.41, 5.74) is 6.87. The van der Waals surface area contributed by atoms with Crippen molar-refractivity contribution in [2.24, 2.45) is 11.1 Å². The van der Waals surface area contributed by atoms with E-state index in [4.69, 9.17) is 5.73 Å². The molecule has 0 saturated carbocycles. The Morgan fingerprint density at radius 1 is 1.22 bits per heavy atom. The third kappa shape index (κ3) is 5.00. The van der Waals surface area contributed by atoms with E-state index >= 15 is 0 Å². The van der Waals surface area contributed by atoms with Crippen molar-refractivity contribution in [2.45, 2.75) is 46.3 Å². The highest BCUT2D eigenvalue weighted by atomic mass is 19.3. The molecule has 0 fully saturated rings. The third-order valence-electron chi connectivity index (χ3n) is 2.74. The number of halogens is 2. The molecule has 2 nitrogen and oxygen atoms in total. The quantitative estimate of drug-likeness (QED) is 0.861. The van der Waals surface area contributed by atoms with Gasteiger partial charge < -0.3 is 10.5 Å². The van der Waals surface area contributed by atoms with Crippen LogP contribution in [0, 0.1) is 5.41 Å². The fourth-order valence-corrected chi connectivity index (χ4v) is 1.73. The van der Waals surface area contributed by atoms with Gasteiger partial charge in [-0.3, -0.25) is 0 Å². The number of benzene rings is 1. The van der Waals surface area contributed by atoms with Crippen LogP contribution in [0.15, 0.2) is 24.3 Å². The number of hydrogen-bond donors (Lipinski definition) is 1. The normalized spacial score (nSPS) is 13.7. The highest BCUT2D eigenvalue weighted by Crippen LogP contribution is 2.31. The fourth-order valence-electron chi connectivity index (χ4n) is 1.73. The molecule has 1 aromatic carbocycles. The maximum Gasteiger partial charge on any atom is 0.387 e. The monoisotopic (exact) mass is 257 g/mol. The molecule has 0 bridgehead atoms. The maximum atomic E-state index is 12.3. The van der Waals surface area contributed by atoms with Gasteiger partial charge in [0.25, 0.3) is 0 Å². The van der Waals surface area contributed by atoms with Crippen molar-refractivity contribution in [1.29, 1.82) is 0 Å². The van der Waals surface area contributed by atoms with E-state index in [1.807, 2.05) is 0 Å². The van der Waals surface area contributed by atoms with Crippen LogP contribution in [-0.4, -0.2) is 6.61 Å². The Hall–Kier alpha value is -1.16. The van der Waals surface area contributed by atoms with Gasteiger partial charge >= 0.3 is 6.61 Å². The summed E-state index contributed by atoms with van der Waals surface area (Å²) in [5, 5.41) is 0. The molecule has 0 aromatic heterocycles. The molecule has 4 heteroatoms. The molecule has 102 valence electrons. The lowest BCUT2D eigenvalue weighted by atomic mass is 9.87. The van der Waals surface area contributed by atoms with Gasteiger partial charge in [0, 0.05) is 11.6 Å². The number of hydrogen-bond acceptors (Lipinski definition) is 2. The minimum Gasteiger partial charge on any atom is -0.434 e. The lowest BCUT2D eigenvalue weighted by molar-refractivity contribution is -0.0506.